The predicted molar refractivity (Wildman–Crippen MR) is 114 cm³/mol. The molecule has 3 aromatic rings. The van der Waals surface area contributed by atoms with E-state index in [2.05, 4.69) is 97.9 Å². The third-order valence-corrected chi connectivity index (χ3v) is 5.36. The van der Waals surface area contributed by atoms with Gasteiger partial charge in [0.25, 0.3) is 0 Å². The van der Waals surface area contributed by atoms with E-state index in [4.69, 9.17) is 4.98 Å². The Morgan fingerprint density at radius 1 is 0.769 bits per heavy atom. The predicted octanol–water partition coefficient (Wildman–Crippen LogP) is 7.11. The molecule has 0 aliphatic carbocycles. The second-order valence-electron chi connectivity index (χ2n) is 9.53. The topological polar surface area (TPSA) is 12.9 Å². The first-order chi connectivity index (χ1) is 12.0. The Balaban J connectivity index is 2.31. The molecule has 26 heavy (non-hydrogen) atoms. The van der Waals surface area contributed by atoms with Crippen LogP contribution >= 0.6 is 0 Å². The van der Waals surface area contributed by atoms with Gasteiger partial charge in [0.2, 0.25) is 0 Å². The summed E-state index contributed by atoms with van der Waals surface area (Å²) in [6.45, 7) is 18.0. The van der Waals surface area contributed by atoms with E-state index in [0.717, 1.165) is 11.2 Å². The first-order valence-corrected chi connectivity index (χ1v) is 9.51. The van der Waals surface area contributed by atoms with E-state index in [1.807, 2.05) is 0 Å². The van der Waals surface area contributed by atoms with Crippen molar-refractivity contribution in [2.75, 3.05) is 0 Å². The third kappa shape index (κ3) is 3.40. The Morgan fingerprint density at radius 2 is 1.46 bits per heavy atom. The summed E-state index contributed by atoms with van der Waals surface area (Å²) in [5, 5.41) is 1.26. The molecule has 1 nitrogen and oxygen atoms in total. The number of aromatic nitrogens is 1. The number of aryl methyl sites for hydroxylation is 1. The molecule has 1 aromatic heterocycles. The van der Waals surface area contributed by atoms with Crippen LogP contribution in [0.15, 0.2) is 42.5 Å². The first-order valence-electron chi connectivity index (χ1n) is 9.51. The number of rotatable bonds is 1. The molecule has 1 heteroatoms. The van der Waals surface area contributed by atoms with Gasteiger partial charge >= 0.3 is 0 Å². The molecule has 0 atom stereocenters. The summed E-state index contributed by atoms with van der Waals surface area (Å²) in [5.74, 6) is 0. The number of hydrogen-bond donors (Lipinski definition) is 0. The van der Waals surface area contributed by atoms with E-state index in [-0.39, 0.29) is 10.8 Å². The Morgan fingerprint density at radius 3 is 2.08 bits per heavy atom. The molecular formula is C25H31N. The maximum atomic E-state index is 5.10. The Hall–Kier alpha value is -2.15. The molecule has 0 amide bonds. The highest BCUT2D eigenvalue weighted by Gasteiger charge is 2.22. The van der Waals surface area contributed by atoms with Crippen LogP contribution in [0.5, 0.6) is 0 Å². The lowest BCUT2D eigenvalue weighted by Crippen LogP contribution is -2.17. The Bertz CT molecular complexity index is 966. The zero-order chi connectivity index (χ0) is 19.3. The molecular weight excluding hydrogens is 314 g/mol. The summed E-state index contributed by atoms with van der Waals surface area (Å²) >= 11 is 0. The van der Waals surface area contributed by atoms with Crippen LogP contribution in [-0.4, -0.2) is 4.98 Å². The Kier molecular flexibility index (Phi) is 4.46. The molecule has 0 saturated carbocycles. The van der Waals surface area contributed by atoms with Gasteiger partial charge in [-0.25, -0.2) is 4.98 Å². The number of nitrogens with zero attached hydrogens (tertiary/aromatic N) is 1. The van der Waals surface area contributed by atoms with Crippen molar-refractivity contribution < 1.29 is 0 Å². The summed E-state index contributed by atoms with van der Waals surface area (Å²) in [6.07, 6.45) is 0. The van der Waals surface area contributed by atoms with Crippen LogP contribution in [0.1, 0.15) is 63.8 Å². The summed E-state index contributed by atoms with van der Waals surface area (Å²) in [6, 6.07) is 15.5. The molecule has 0 aliphatic rings. The van der Waals surface area contributed by atoms with Gasteiger partial charge in [-0.1, -0.05) is 71.9 Å². The summed E-state index contributed by atoms with van der Waals surface area (Å²) in [5.41, 5.74) is 8.91. The van der Waals surface area contributed by atoms with E-state index < -0.39 is 0 Å². The number of benzene rings is 2. The normalized spacial score (nSPS) is 12.6. The van der Waals surface area contributed by atoms with Gasteiger partial charge in [0.15, 0.2) is 0 Å². The van der Waals surface area contributed by atoms with Crippen molar-refractivity contribution in [1.29, 1.82) is 0 Å². The molecule has 0 unspecified atom stereocenters. The summed E-state index contributed by atoms with van der Waals surface area (Å²) in [4.78, 5) is 5.10. The fraction of sp³-hybridized carbons (Fsp3) is 0.400. The van der Waals surface area contributed by atoms with Crippen LogP contribution in [0.4, 0.5) is 0 Å². The van der Waals surface area contributed by atoms with Crippen LogP contribution < -0.4 is 0 Å². The lowest BCUT2D eigenvalue weighted by atomic mass is 9.79. The van der Waals surface area contributed by atoms with E-state index >= 15 is 0 Å². The molecule has 0 fully saturated rings. The molecule has 0 bridgehead atoms. The lowest BCUT2D eigenvalue weighted by Gasteiger charge is -2.26. The van der Waals surface area contributed by atoms with E-state index in [1.54, 1.807) is 0 Å². The monoisotopic (exact) mass is 345 g/mol. The minimum Gasteiger partial charge on any atom is -0.248 e. The van der Waals surface area contributed by atoms with Gasteiger partial charge in [-0.2, -0.15) is 0 Å². The molecule has 1 heterocycles. The number of hydrogen-bond acceptors (Lipinski definition) is 1. The van der Waals surface area contributed by atoms with Gasteiger partial charge in [0, 0.05) is 10.9 Å². The van der Waals surface area contributed by atoms with Crippen molar-refractivity contribution >= 4 is 10.9 Å². The van der Waals surface area contributed by atoms with Gasteiger partial charge < -0.3 is 0 Å². The van der Waals surface area contributed by atoms with Crippen molar-refractivity contribution in [2.24, 2.45) is 0 Å². The quantitative estimate of drug-likeness (QED) is 0.458. The smallest absolute Gasteiger partial charge is 0.0715 e. The van der Waals surface area contributed by atoms with Gasteiger partial charge in [0.1, 0.15) is 0 Å². The first kappa shape index (κ1) is 18.6. The zero-order valence-electron chi connectivity index (χ0n) is 17.5. The fourth-order valence-electron chi connectivity index (χ4n) is 3.47. The molecule has 0 spiro atoms. The molecule has 0 aliphatic heterocycles. The highest BCUT2D eigenvalue weighted by Crippen LogP contribution is 2.36. The molecule has 3 rings (SSSR count). The van der Waals surface area contributed by atoms with E-state index in [1.165, 1.54) is 33.2 Å². The second kappa shape index (κ2) is 6.23. The zero-order valence-corrected chi connectivity index (χ0v) is 17.5. The van der Waals surface area contributed by atoms with Crippen LogP contribution in [0, 0.1) is 13.8 Å². The highest BCUT2D eigenvalue weighted by atomic mass is 14.7. The number of pyridine rings is 1. The van der Waals surface area contributed by atoms with Gasteiger partial charge in [0.05, 0.1) is 11.2 Å². The number of fused-ring (bicyclic) bond motifs is 1. The van der Waals surface area contributed by atoms with E-state index in [0.29, 0.717) is 0 Å². The molecule has 2 aromatic carbocycles. The van der Waals surface area contributed by atoms with E-state index in [9.17, 15) is 0 Å². The average Bonchev–Trinajstić information content (AvgIpc) is 2.54. The van der Waals surface area contributed by atoms with Crippen molar-refractivity contribution in [1.82, 2.24) is 4.98 Å². The molecule has 0 saturated heterocycles. The minimum absolute atomic E-state index is 0.0853. The standard InChI is InChI=1S/C25H31N/c1-16-10-9-11-19(17(16)2)22-13-12-20-21(25(6,7)8)14-18(24(3,4)5)15-23(20)26-22/h9-15H,1-8H3. The maximum absolute atomic E-state index is 5.10. The van der Waals surface area contributed by atoms with Crippen LogP contribution in [0.3, 0.4) is 0 Å². The van der Waals surface area contributed by atoms with Crippen LogP contribution in [-0.2, 0) is 10.8 Å². The van der Waals surface area contributed by atoms with Gasteiger partial charge in [-0.05, 0) is 59.1 Å². The largest absolute Gasteiger partial charge is 0.248 e. The molecule has 0 radical (unpaired) electrons. The van der Waals surface area contributed by atoms with Gasteiger partial charge in [-0.3, -0.25) is 0 Å². The maximum Gasteiger partial charge on any atom is 0.0715 e. The highest BCUT2D eigenvalue weighted by molar-refractivity contribution is 5.87. The van der Waals surface area contributed by atoms with Crippen LogP contribution in [0.25, 0.3) is 22.2 Å². The average molecular weight is 346 g/mol. The van der Waals surface area contributed by atoms with Crippen molar-refractivity contribution in [3.63, 3.8) is 0 Å². The lowest BCUT2D eigenvalue weighted by molar-refractivity contribution is 0.572. The second-order valence-corrected chi connectivity index (χ2v) is 9.53. The fourth-order valence-corrected chi connectivity index (χ4v) is 3.47. The SMILES string of the molecule is Cc1cccc(-c2ccc3c(C(C)(C)C)cc(C(C)(C)C)cc3n2)c1C. The summed E-state index contributed by atoms with van der Waals surface area (Å²) < 4.78 is 0. The molecule has 136 valence electrons. The summed E-state index contributed by atoms with van der Waals surface area (Å²) in [7, 11) is 0. The minimum atomic E-state index is 0.0853. The van der Waals surface area contributed by atoms with Crippen molar-refractivity contribution in [3.8, 4) is 11.3 Å². The van der Waals surface area contributed by atoms with Crippen molar-refractivity contribution in [3.05, 3.63) is 64.7 Å². The Labute approximate surface area is 158 Å². The third-order valence-electron chi connectivity index (χ3n) is 5.36. The van der Waals surface area contributed by atoms with Crippen LogP contribution in [0.2, 0.25) is 0 Å². The molecule has 0 N–H and O–H groups in total. The van der Waals surface area contributed by atoms with Crippen molar-refractivity contribution in [2.45, 2.75) is 66.2 Å². The van der Waals surface area contributed by atoms with Gasteiger partial charge in [-0.15, -0.1) is 0 Å².